The van der Waals surface area contributed by atoms with Crippen LogP contribution in [0.2, 0.25) is 0 Å². The number of amides is 2. The topological polar surface area (TPSA) is 106 Å². The van der Waals surface area contributed by atoms with Crippen LogP contribution in [0.4, 0.5) is 5.69 Å². The second-order valence-corrected chi connectivity index (χ2v) is 9.47. The van der Waals surface area contributed by atoms with Crippen LogP contribution >= 0.6 is 0 Å². The van der Waals surface area contributed by atoms with E-state index >= 15 is 0 Å². The van der Waals surface area contributed by atoms with Crippen LogP contribution in [0, 0.1) is 5.92 Å². The summed E-state index contributed by atoms with van der Waals surface area (Å²) in [6.45, 7) is 0.477. The molecule has 3 aromatic rings. The van der Waals surface area contributed by atoms with Crippen molar-refractivity contribution in [3.63, 3.8) is 0 Å². The van der Waals surface area contributed by atoms with Gasteiger partial charge in [0, 0.05) is 19.9 Å². The fourth-order valence-corrected chi connectivity index (χ4v) is 4.30. The van der Waals surface area contributed by atoms with E-state index in [1.165, 1.54) is 11.2 Å². The average molecular weight is 488 g/mol. The lowest BCUT2D eigenvalue weighted by Crippen LogP contribution is -2.49. The van der Waals surface area contributed by atoms with Crippen LogP contribution in [-0.4, -0.2) is 52.1 Å². The number of carbonyl (C=O) groups excluding carboxylic acids is 3. The molecule has 1 aliphatic heterocycles. The van der Waals surface area contributed by atoms with Crippen LogP contribution in [0.3, 0.4) is 0 Å². The number of benzene rings is 2. The molecule has 9 heteroatoms. The van der Waals surface area contributed by atoms with Crippen molar-refractivity contribution in [1.29, 1.82) is 0 Å². The van der Waals surface area contributed by atoms with Crippen LogP contribution in [-0.2, 0) is 22.6 Å². The van der Waals surface area contributed by atoms with E-state index in [4.69, 9.17) is 4.74 Å². The van der Waals surface area contributed by atoms with E-state index in [0.717, 1.165) is 24.0 Å². The second kappa shape index (κ2) is 10.3. The van der Waals surface area contributed by atoms with Crippen LogP contribution < -0.4 is 15.0 Å². The number of hydrogen-bond donors (Lipinski definition) is 1. The van der Waals surface area contributed by atoms with Gasteiger partial charge in [-0.2, -0.15) is 0 Å². The number of nitrogens with one attached hydrogen (secondary N) is 1. The lowest BCUT2D eigenvalue weighted by molar-refractivity contribution is -0.120. The van der Waals surface area contributed by atoms with Gasteiger partial charge in [-0.3, -0.25) is 14.4 Å². The van der Waals surface area contributed by atoms with Crippen molar-refractivity contribution in [3.05, 3.63) is 71.8 Å². The lowest BCUT2D eigenvalue weighted by Gasteiger charge is -2.20. The molecule has 1 aromatic heterocycles. The normalized spacial score (nSPS) is 17.2. The Labute approximate surface area is 209 Å². The second-order valence-electron chi connectivity index (χ2n) is 9.47. The fourth-order valence-electron chi connectivity index (χ4n) is 4.30. The van der Waals surface area contributed by atoms with E-state index in [1.807, 2.05) is 48.5 Å². The number of anilines is 1. The van der Waals surface area contributed by atoms with Crippen molar-refractivity contribution in [3.8, 4) is 5.75 Å². The van der Waals surface area contributed by atoms with Gasteiger partial charge in [0.15, 0.2) is 0 Å². The lowest BCUT2D eigenvalue weighted by atomic mass is 10.0. The van der Waals surface area contributed by atoms with E-state index in [9.17, 15) is 14.4 Å². The molecule has 1 saturated carbocycles. The Kier molecular flexibility index (Phi) is 6.79. The quantitative estimate of drug-likeness (QED) is 0.498. The summed E-state index contributed by atoms with van der Waals surface area (Å²) in [5.74, 6) is 0.574. The minimum Gasteiger partial charge on any atom is -0.489 e. The molecule has 186 valence electrons. The molecule has 0 radical (unpaired) electrons. The first-order chi connectivity index (χ1) is 17.5. The molecule has 0 bridgehead atoms. The van der Waals surface area contributed by atoms with Crippen molar-refractivity contribution in [1.82, 2.24) is 20.1 Å². The SMILES string of the molecule is CN1C(=O)[C@H](NC(=O)c2ncn(Cc3ccccc3)n2)COc2ccc(CCC(=O)CC3CC3)cc21. The van der Waals surface area contributed by atoms with E-state index in [-0.39, 0.29) is 24.1 Å². The smallest absolute Gasteiger partial charge is 0.291 e. The molecule has 5 rings (SSSR count). The van der Waals surface area contributed by atoms with Gasteiger partial charge in [0.1, 0.15) is 30.5 Å². The number of rotatable bonds is 9. The molecular formula is C27H29N5O4. The molecule has 2 aliphatic rings. The number of hydrogen-bond acceptors (Lipinski definition) is 6. The van der Waals surface area contributed by atoms with Gasteiger partial charge in [0.25, 0.3) is 11.8 Å². The Morgan fingerprint density at radius 2 is 1.92 bits per heavy atom. The fraction of sp³-hybridized carbons (Fsp3) is 0.370. The molecular weight excluding hydrogens is 458 g/mol. The van der Waals surface area contributed by atoms with E-state index in [2.05, 4.69) is 15.4 Å². The monoisotopic (exact) mass is 487 g/mol. The van der Waals surface area contributed by atoms with Gasteiger partial charge in [0.2, 0.25) is 5.82 Å². The highest BCUT2D eigenvalue weighted by Crippen LogP contribution is 2.34. The van der Waals surface area contributed by atoms with Gasteiger partial charge in [-0.25, -0.2) is 9.67 Å². The molecule has 0 saturated heterocycles. The molecule has 1 aliphatic carbocycles. The molecule has 2 aromatic carbocycles. The molecule has 1 N–H and O–H groups in total. The number of ketones is 1. The van der Waals surface area contributed by atoms with Crippen LogP contribution in [0.15, 0.2) is 54.9 Å². The Morgan fingerprint density at radius 1 is 1.11 bits per heavy atom. The van der Waals surface area contributed by atoms with Crippen molar-refractivity contribution >= 4 is 23.3 Å². The van der Waals surface area contributed by atoms with E-state index in [1.54, 1.807) is 11.7 Å². The van der Waals surface area contributed by atoms with Gasteiger partial charge >= 0.3 is 0 Å². The van der Waals surface area contributed by atoms with Crippen molar-refractivity contribution < 1.29 is 19.1 Å². The number of aryl methyl sites for hydroxylation is 1. The molecule has 2 amide bonds. The zero-order valence-corrected chi connectivity index (χ0v) is 20.2. The number of aromatic nitrogens is 3. The van der Waals surface area contributed by atoms with Gasteiger partial charge in [0.05, 0.1) is 12.2 Å². The summed E-state index contributed by atoms with van der Waals surface area (Å²) in [4.78, 5) is 43.7. The maximum absolute atomic E-state index is 13.2. The summed E-state index contributed by atoms with van der Waals surface area (Å²) in [5, 5.41) is 6.95. The first kappa shape index (κ1) is 23.7. The average Bonchev–Trinajstić information content (AvgIpc) is 3.60. The van der Waals surface area contributed by atoms with Crippen LogP contribution in [0.5, 0.6) is 5.75 Å². The van der Waals surface area contributed by atoms with Crippen LogP contribution in [0.1, 0.15) is 47.4 Å². The third kappa shape index (κ3) is 5.62. The van der Waals surface area contributed by atoms with E-state index in [0.29, 0.717) is 43.2 Å². The Balaban J connectivity index is 1.21. The first-order valence-corrected chi connectivity index (χ1v) is 12.3. The van der Waals surface area contributed by atoms with E-state index < -0.39 is 11.9 Å². The number of Topliss-reactive ketones (excluding diaryl/α,β-unsaturated/α-hetero) is 1. The maximum Gasteiger partial charge on any atom is 0.291 e. The molecule has 1 fully saturated rings. The Bertz CT molecular complexity index is 1270. The van der Waals surface area contributed by atoms with Gasteiger partial charge < -0.3 is 15.0 Å². The highest BCUT2D eigenvalue weighted by atomic mass is 16.5. The predicted molar refractivity (Wildman–Crippen MR) is 133 cm³/mol. The minimum absolute atomic E-state index is 0.00808. The van der Waals surface area contributed by atoms with Gasteiger partial charge in [-0.15, -0.1) is 5.10 Å². The number of ether oxygens (including phenoxy) is 1. The van der Waals surface area contributed by atoms with Crippen molar-refractivity contribution in [2.24, 2.45) is 5.92 Å². The Hall–Kier alpha value is -4.01. The van der Waals surface area contributed by atoms with Crippen molar-refractivity contribution in [2.75, 3.05) is 18.6 Å². The third-order valence-corrected chi connectivity index (χ3v) is 6.56. The number of nitrogens with zero attached hydrogens (tertiary/aromatic N) is 4. The summed E-state index contributed by atoms with van der Waals surface area (Å²) in [6, 6.07) is 14.5. The molecule has 0 spiro atoms. The summed E-state index contributed by atoms with van der Waals surface area (Å²) in [6.07, 6.45) is 5.62. The summed E-state index contributed by atoms with van der Waals surface area (Å²) >= 11 is 0. The minimum atomic E-state index is -0.889. The maximum atomic E-state index is 13.2. The number of likely N-dealkylation sites (N-methyl/N-ethyl adjacent to an activating group) is 1. The largest absolute Gasteiger partial charge is 0.489 e. The number of fused-ring (bicyclic) bond motifs is 1. The molecule has 9 nitrogen and oxygen atoms in total. The van der Waals surface area contributed by atoms with Gasteiger partial charge in [-0.05, 0) is 48.4 Å². The first-order valence-electron chi connectivity index (χ1n) is 12.3. The number of carbonyl (C=O) groups is 3. The molecule has 2 heterocycles. The molecule has 0 unspecified atom stereocenters. The summed E-state index contributed by atoms with van der Waals surface area (Å²) in [5.41, 5.74) is 2.62. The zero-order valence-electron chi connectivity index (χ0n) is 20.2. The summed E-state index contributed by atoms with van der Waals surface area (Å²) in [7, 11) is 1.66. The molecule has 1 atom stereocenters. The highest BCUT2D eigenvalue weighted by Gasteiger charge is 2.32. The van der Waals surface area contributed by atoms with Crippen molar-refractivity contribution in [2.45, 2.75) is 44.7 Å². The summed E-state index contributed by atoms with van der Waals surface area (Å²) < 4.78 is 7.45. The van der Waals surface area contributed by atoms with Crippen LogP contribution in [0.25, 0.3) is 0 Å². The highest BCUT2D eigenvalue weighted by molar-refractivity contribution is 6.02. The Morgan fingerprint density at radius 3 is 2.69 bits per heavy atom. The molecule has 36 heavy (non-hydrogen) atoms. The zero-order chi connectivity index (χ0) is 25.1. The third-order valence-electron chi connectivity index (χ3n) is 6.56. The standard InChI is InChI=1S/C27H29N5O4/c1-31-23-14-19(9-11-21(33)13-18-7-8-18)10-12-24(23)36-16-22(27(31)35)29-26(34)25-28-17-32(30-25)15-20-5-3-2-4-6-20/h2-6,10,12,14,17-18,22H,7-9,11,13,15-16H2,1H3,(H,29,34)/t22-/m1/s1. The predicted octanol–water partition coefficient (Wildman–Crippen LogP) is 2.78. The van der Waals surface area contributed by atoms with Gasteiger partial charge in [-0.1, -0.05) is 36.4 Å².